The lowest BCUT2D eigenvalue weighted by Gasteiger charge is -2.11. The molecule has 0 aliphatic rings. The minimum absolute atomic E-state index is 0.0642. The molecule has 0 spiro atoms. The van der Waals surface area contributed by atoms with Crippen molar-refractivity contribution in [2.24, 2.45) is 0 Å². The molecule has 0 saturated carbocycles. The molecule has 2 heterocycles. The van der Waals surface area contributed by atoms with Gasteiger partial charge in [-0.15, -0.1) is 10.2 Å². The second-order valence-electron chi connectivity index (χ2n) is 6.39. The summed E-state index contributed by atoms with van der Waals surface area (Å²) in [5.41, 5.74) is 1.19. The predicted octanol–water partition coefficient (Wildman–Crippen LogP) is 4.51. The molecule has 1 amide bonds. The monoisotopic (exact) mass is 441 g/mol. The SMILES string of the molecule is O=C(CSc1nnc(Cc2ccc(Cl)cc2)n1-n1cccc1)Nc1ccccc1F. The van der Waals surface area contributed by atoms with Crippen LogP contribution in [0.15, 0.2) is 78.2 Å². The van der Waals surface area contributed by atoms with Gasteiger partial charge < -0.3 is 5.32 Å². The van der Waals surface area contributed by atoms with Gasteiger partial charge in [0.25, 0.3) is 0 Å². The minimum atomic E-state index is -0.475. The first-order valence-electron chi connectivity index (χ1n) is 9.10. The third-order valence-corrected chi connectivity index (χ3v) is 5.42. The van der Waals surface area contributed by atoms with E-state index in [1.54, 1.807) is 12.1 Å². The summed E-state index contributed by atoms with van der Waals surface area (Å²) >= 11 is 7.19. The Labute approximate surface area is 181 Å². The van der Waals surface area contributed by atoms with E-state index in [4.69, 9.17) is 11.6 Å². The number of anilines is 1. The summed E-state index contributed by atoms with van der Waals surface area (Å²) in [5.74, 6) is -0.0251. The van der Waals surface area contributed by atoms with Gasteiger partial charge in [0, 0.05) is 23.8 Å². The Balaban J connectivity index is 1.51. The molecule has 0 saturated heterocycles. The number of carbonyl (C=O) groups is 1. The highest BCUT2D eigenvalue weighted by molar-refractivity contribution is 7.99. The predicted molar refractivity (Wildman–Crippen MR) is 115 cm³/mol. The number of rotatable bonds is 7. The van der Waals surface area contributed by atoms with E-state index in [9.17, 15) is 9.18 Å². The lowest BCUT2D eigenvalue weighted by atomic mass is 10.1. The molecule has 0 aliphatic carbocycles. The largest absolute Gasteiger partial charge is 0.323 e. The number of hydrogen-bond acceptors (Lipinski definition) is 4. The van der Waals surface area contributed by atoms with Gasteiger partial charge in [-0.25, -0.2) is 9.07 Å². The zero-order valence-corrected chi connectivity index (χ0v) is 17.3. The molecule has 0 radical (unpaired) electrons. The number of nitrogens with zero attached hydrogens (tertiary/aromatic N) is 4. The Morgan fingerprint density at radius 2 is 1.77 bits per heavy atom. The van der Waals surface area contributed by atoms with E-state index in [1.165, 1.54) is 23.9 Å². The van der Waals surface area contributed by atoms with Crippen LogP contribution in [0.25, 0.3) is 0 Å². The van der Waals surface area contributed by atoms with Crippen molar-refractivity contribution in [3.63, 3.8) is 0 Å². The van der Waals surface area contributed by atoms with Crippen LogP contribution >= 0.6 is 23.4 Å². The maximum atomic E-state index is 13.7. The topological polar surface area (TPSA) is 64.7 Å². The van der Waals surface area contributed by atoms with Crippen LogP contribution in [0.4, 0.5) is 10.1 Å². The molecule has 0 aliphatic heterocycles. The van der Waals surface area contributed by atoms with Crippen molar-refractivity contribution in [1.82, 2.24) is 19.5 Å². The third kappa shape index (κ3) is 4.72. The summed E-state index contributed by atoms with van der Waals surface area (Å²) in [6.07, 6.45) is 4.29. The van der Waals surface area contributed by atoms with E-state index in [2.05, 4.69) is 15.5 Å². The molecule has 0 fully saturated rings. The van der Waals surface area contributed by atoms with Gasteiger partial charge in [0.05, 0.1) is 11.4 Å². The Morgan fingerprint density at radius 1 is 1.03 bits per heavy atom. The van der Waals surface area contributed by atoms with Crippen LogP contribution < -0.4 is 5.32 Å². The summed E-state index contributed by atoms with van der Waals surface area (Å²) in [6, 6.07) is 17.4. The van der Waals surface area contributed by atoms with Gasteiger partial charge in [-0.1, -0.05) is 47.6 Å². The Kier molecular flexibility index (Phi) is 6.15. The van der Waals surface area contributed by atoms with Crippen molar-refractivity contribution < 1.29 is 9.18 Å². The fourth-order valence-electron chi connectivity index (χ4n) is 2.85. The third-order valence-electron chi connectivity index (χ3n) is 4.25. The number of amides is 1. The number of carbonyl (C=O) groups excluding carboxylic acids is 1. The fourth-order valence-corrected chi connectivity index (χ4v) is 3.73. The number of para-hydroxylation sites is 1. The number of benzene rings is 2. The highest BCUT2D eigenvalue weighted by Crippen LogP contribution is 2.21. The van der Waals surface area contributed by atoms with Crippen molar-refractivity contribution in [3.05, 3.63) is 95.3 Å². The summed E-state index contributed by atoms with van der Waals surface area (Å²) < 4.78 is 17.4. The molecule has 2 aromatic heterocycles. The molecule has 4 rings (SSSR count). The van der Waals surface area contributed by atoms with Gasteiger partial charge in [-0.3, -0.25) is 9.47 Å². The highest BCUT2D eigenvalue weighted by Gasteiger charge is 2.16. The molecular formula is C21H17ClFN5OS. The van der Waals surface area contributed by atoms with Crippen molar-refractivity contribution >= 4 is 35.0 Å². The molecule has 6 nitrogen and oxygen atoms in total. The van der Waals surface area contributed by atoms with Crippen LogP contribution in [0.1, 0.15) is 11.4 Å². The number of thioether (sulfide) groups is 1. The van der Waals surface area contributed by atoms with Gasteiger partial charge in [-0.2, -0.15) is 0 Å². The highest BCUT2D eigenvalue weighted by atomic mass is 35.5. The fraction of sp³-hybridized carbons (Fsp3) is 0.0952. The Bertz CT molecular complexity index is 1140. The van der Waals surface area contributed by atoms with Gasteiger partial charge >= 0.3 is 0 Å². The van der Waals surface area contributed by atoms with Crippen molar-refractivity contribution in [3.8, 4) is 0 Å². The molecular weight excluding hydrogens is 425 g/mol. The summed E-state index contributed by atoms with van der Waals surface area (Å²) in [5, 5.41) is 12.4. The molecule has 4 aromatic rings. The lowest BCUT2D eigenvalue weighted by molar-refractivity contribution is -0.113. The average Bonchev–Trinajstić information content (AvgIpc) is 3.39. The molecule has 30 heavy (non-hydrogen) atoms. The van der Waals surface area contributed by atoms with Crippen molar-refractivity contribution in [1.29, 1.82) is 0 Å². The number of aromatic nitrogens is 4. The molecule has 2 aromatic carbocycles. The summed E-state index contributed by atoms with van der Waals surface area (Å²) in [4.78, 5) is 12.3. The number of halogens is 2. The lowest BCUT2D eigenvalue weighted by Crippen LogP contribution is -2.17. The zero-order chi connectivity index (χ0) is 20.9. The second-order valence-corrected chi connectivity index (χ2v) is 7.77. The molecule has 152 valence electrons. The first kappa shape index (κ1) is 20.2. The van der Waals surface area contributed by atoms with Gasteiger partial charge in [0.15, 0.2) is 5.82 Å². The van der Waals surface area contributed by atoms with Gasteiger partial charge in [0.1, 0.15) is 5.82 Å². The summed E-state index contributed by atoms with van der Waals surface area (Å²) in [6.45, 7) is 0. The quantitative estimate of drug-likeness (QED) is 0.429. The van der Waals surface area contributed by atoms with E-state index in [0.29, 0.717) is 22.4 Å². The Morgan fingerprint density at radius 3 is 2.50 bits per heavy atom. The van der Waals surface area contributed by atoms with Crippen LogP contribution in [0.2, 0.25) is 5.02 Å². The van der Waals surface area contributed by atoms with Crippen LogP contribution in [0.5, 0.6) is 0 Å². The number of hydrogen-bond donors (Lipinski definition) is 1. The van der Waals surface area contributed by atoms with Crippen LogP contribution in [-0.4, -0.2) is 31.2 Å². The Hall–Kier alpha value is -3.10. The van der Waals surface area contributed by atoms with Crippen LogP contribution in [0.3, 0.4) is 0 Å². The van der Waals surface area contributed by atoms with Gasteiger partial charge in [-0.05, 0) is 42.0 Å². The van der Waals surface area contributed by atoms with Gasteiger partial charge in [0.2, 0.25) is 11.1 Å². The zero-order valence-electron chi connectivity index (χ0n) is 15.7. The molecule has 1 N–H and O–H groups in total. The van der Waals surface area contributed by atoms with E-state index >= 15 is 0 Å². The van der Waals surface area contributed by atoms with E-state index < -0.39 is 5.82 Å². The van der Waals surface area contributed by atoms with E-state index in [0.717, 1.165) is 5.56 Å². The molecule has 0 bridgehead atoms. The maximum absolute atomic E-state index is 13.7. The van der Waals surface area contributed by atoms with E-state index in [-0.39, 0.29) is 17.3 Å². The molecule has 0 atom stereocenters. The first-order valence-corrected chi connectivity index (χ1v) is 10.5. The first-order chi connectivity index (χ1) is 14.6. The standard InChI is InChI=1S/C21H17ClFN5OS/c22-16-9-7-15(8-10-16)13-19-25-26-21(28(19)27-11-3-4-12-27)30-14-20(29)24-18-6-2-1-5-17(18)23/h1-12H,13-14H2,(H,24,29). The van der Waals surface area contributed by atoms with Crippen LogP contribution in [0, 0.1) is 5.82 Å². The molecule has 9 heteroatoms. The smallest absolute Gasteiger partial charge is 0.234 e. The molecule has 0 unspecified atom stereocenters. The maximum Gasteiger partial charge on any atom is 0.234 e. The number of nitrogens with one attached hydrogen (secondary N) is 1. The summed E-state index contributed by atoms with van der Waals surface area (Å²) in [7, 11) is 0. The average molecular weight is 442 g/mol. The van der Waals surface area contributed by atoms with Crippen LogP contribution in [-0.2, 0) is 11.2 Å². The van der Waals surface area contributed by atoms with Crippen molar-refractivity contribution in [2.45, 2.75) is 11.6 Å². The minimum Gasteiger partial charge on any atom is -0.323 e. The van der Waals surface area contributed by atoms with E-state index in [1.807, 2.05) is 58.1 Å². The normalized spacial score (nSPS) is 10.9. The second kappa shape index (κ2) is 9.15. The van der Waals surface area contributed by atoms with Crippen molar-refractivity contribution in [2.75, 3.05) is 11.1 Å².